The van der Waals surface area contributed by atoms with E-state index >= 15 is 0 Å². The minimum Gasteiger partial charge on any atom is -0.331 e. The van der Waals surface area contributed by atoms with Gasteiger partial charge in [0.15, 0.2) is 0 Å². The minimum atomic E-state index is -3.11. The normalized spacial score (nSPS) is 17.5. The second kappa shape index (κ2) is 7.09. The minimum absolute atomic E-state index is 0.0324. The molecule has 1 saturated heterocycles. The highest BCUT2D eigenvalue weighted by Crippen LogP contribution is 2.17. The number of amides is 2. The number of hydrogen-bond donors (Lipinski definition) is 1. The molecule has 1 aliphatic rings. The topological polar surface area (TPSA) is 69.7 Å². The lowest BCUT2D eigenvalue weighted by Crippen LogP contribution is -2.45. The van der Waals surface area contributed by atoms with Crippen LogP contribution in [0.5, 0.6) is 0 Å². The first-order valence-corrected chi connectivity index (χ1v) is 8.44. The van der Waals surface area contributed by atoms with Crippen molar-refractivity contribution in [2.45, 2.75) is 26.2 Å². The van der Waals surface area contributed by atoms with E-state index in [1.54, 1.807) is 19.0 Å². The van der Waals surface area contributed by atoms with E-state index in [0.29, 0.717) is 32.0 Å². The lowest BCUT2D eigenvalue weighted by atomic mass is 9.97. The third-order valence-electron chi connectivity index (χ3n) is 3.33. The third kappa shape index (κ3) is 5.36. The molecule has 0 bridgehead atoms. The van der Waals surface area contributed by atoms with E-state index < -0.39 is 10.0 Å². The van der Waals surface area contributed by atoms with Gasteiger partial charge in [0.25, 0.3) is 0 Å². The van der Waals surface area contributed by atoms with Crippen LogP contribution in [-0.4, -0.2) is 63.7 Å². The number of rotatable bonds is 5. The Bertz CT molecular complexity index is 387. The van der Waals surface area contributed by atoms with Gasteiger partial charge in [-0.1, -0.05) is 6.92 Å². The number of nitrogens with zero attached hydrogens (tertiary/aromatic N) is 2. The van der Waals surface area contributed by atoms with Gasteiger partial charge < -0.3 is 9.80 Å². The van der Waals surface area contributed by atoms with E-state index in [1.165, 1.54) is 0 Å². The van der Waals surface area contributed by atoms with Gasteiger partial charge in [0.1, 0.15) is 0 Å². The van der Waals surface area contributed by atoms with Gasteiger partial charge in [-0.15, -0.1) is 0 Å². The molecule has 0 aromatic heterocycles. The lowest BCUT2D eigenvalue weighted by molar-refractivity contribution is 0.148. The maximum atomic E-state index is 11.7. The maximum absolute atomic E-state index is 11.7. The summed E-state index contributed by atoms with van der Waals surface area (Å²) in [7, 11) is 0.374. The van der Waals surface area contributed by atoms with Gasteiger partial charge in [0.05, 0.1) is 5.75 Å². The molecular weight excluding hydrogens is 266 g/mol. The SMILES string of the molecule is CCCS(=O)(=O)NCC1CCN(C(=O)N(C)C)CC1. The Hall–Kier alpha value is -0.820. The molecule has 0 saturated carbocycles. The summed E-state index contributed by atoms with van der Waals surface area (Å²) >= 11 is 0. The summed E-state index contributed by atoms with van der Waals surface area (Å²) in [5.74, 6) is 0.517. The molecule has 1 heterocycles. The largest absolute Gasteiger partial charge is 0.331 e. The quantitative estimate of drug-likeness (QED) is 0.811. The van der Waals surface area contributed by atoms with Crippen LogP contribution in [0, 0.1) is 5.92 Å². The number of carbonyl (C=O) groups is 1. The van der Waals surface area contributed by atoms with Crippen molar-refractivity contribution in [2.75, 3.05) is 39.5 Å². The van der Waals surface area contributed by atoms with Crippen LogP contribution in [0.1, 0.15) is 26.2 Å². The summed E-state index contributed by atoms with van der Waals surface area (Å²) in [6.45, 7) is 3.76. The van der Waals surface area contributed by atoms with Crippen LogP contribution in [0.2, 0.25) is 0 Å². The van der Waals surface area contributed by atoms with Crippen LogP contribution in [0.15, 0.2) is 0 Å². The predicted octanol–water partition coefficient (Wildman–Crippen LogP) is 0.709. The third-order valence-corrected chi connectivity index (χ3v) is 4.88. The van der Waals surface area contributed by atoms with Gasteiger partial charge in [-0.05, 0) is 25.2 Å². The zero-order chi connectivity index (χ0) is 14.5. The number of carbonyl (C=O) groups excluding carboxylic acids is 1. The van der Waals surface area contributed by atoms with Crippen LogP contribution >= 0.6 is 0 Å². The van der Waals surface area contributed by atoms with Crippen LogP contribution in [-0.2, 0) is 10.0 Å². The highest BCUT2D eigenvalue weighted by molar-refractivity contribution is 7.89. The Kier molecular flexibility index (Phi) is 6.06. The summed E-state index contributed by atoms with van der Waals surface area (Å²) in [6.07, 6.45) is 2.34. The number of piperidine rings is 1. The molecule has 0 radical (unpaired) electrons. The van der Waals surface area contributed by atoms with E-state index in [0.717, 1.165) is 12.8 Å². The van der Waals surface area contributed by atoms with Gasteiger partial charge in [-0.25, -0.2) is 17.9 Å². The number of urea groups is 1. The fourth-order valence-electron chi connectivity index (χ4n) is 2.20. The molecule has 2 amide bonds. The molecule has 7 heteroatoms. The smallest absolute Gasteiger partial charge is 0.319 e. The number of nitrogens with one attached hydrogen (secondary N) is 1. The highest BCUT2D eigenvalue weighted by atomic mass is 32.2. The molecular formula is C12H25N3O3S. The number of likely N-dealkylation sites (tertiary alicyclic amines) is 1. The Morgan fingerprint density at radius 1 is 1.32 bits per heavy atom. The standard InChI is InChI=1S/C12H25N3O3S/c1-4-9-19(17,18)13-10-11-5-7-15(8-6-11)12(16)14(2)3/h11,13H,4-10H2,1-3H3. The van der Waals surface area contributed by atoms with Crippen molar-refractivity contribution in [3.63, 3.8) is 0 Å². The molecule has 0 spiro atoms. The molecule has 0 aliphatic carbocycles. The first kappa shape index (κ1) is 16.2. The van der Waals surface area contributed by atoms with Crippen LogP contribution in [0.3, 0.4) is 0 Å². The Labute approximate surface area is 116 Å². The highest BCUT2D eigenvalue weighted by Gasteiger charge is 2.24. The van der Waals surface area contributed by atoms with E-state index in [2.05, 4.69) is 4.72 Å². The molecule has 112 valence electrons. The molecule has 1 fully saturated rings. The molecule has 0 aromatic rings. The average Bonchev–Trinajstić information content (AvgIpc) is 2.36. The summed E-state index contributed by atoms with van der Waals surface area (Å²) in [5.41, 5.74) is 0. The van der Waals surface area contributed by atoms with Crippen LogP contribution in [0.4, 0.5) is 4.79 Å². The van der Waals surface area contributed by atoms with Crippen molar-refractivity contribution in [1.29, 1.82) is 0 Å². The van der Waals surface area contributed by atoms with Crippen molar-refractivity contribution in [3.05, 3.63) is 0 Å². The first-order chi connectivity index (χ1) is 8.85. The Morgan fingerprint density at radius 3 is 2.37 bits per heavy atom. The Morgan fingerprint density at radius 2 is 1.89 bits per heavy atom. The zero-order valence-corrected chi connectivity index (χ0v) is 12.9. The van der Waals surface area contributed by atoms with Gasteiger partial charge >= 0.3 is 6.03 Å². The maximum Gasteiger partial charge on any atom is 0.319 e. The lowest BCUT2D eigenvalue weighted by Gasteiger charge is -2.33. The molecule has 1 N–H and O–H groups in total. The second-order valence-corrected chi connectivity index (χ2v) is 7.20. The van der Waals surface area contributed by atoms with E-state index in [-0.39, 0.29) is 11.8 Å². The molecule has 0 aromatic carbocycles. The van der Waals surface area contributed by atoms with Gasteiger partial charge in [0, 0.05) is 33.7 Å². The molecule has 1 rings (SSSR count). The van der Waals surface area contributed by atoms with Gasteiger partial charge in [-0.2, -0.15) is 0 Å². The molecule has 0 unspecified atom stereocenters. The van der Waals surface area contributed by atoms with Crippen molar-refractivity contribution < 1.29 is 13.2 Å². The van der Waals surface area contributed by atoms with Gasteiger partial charge in [-0.3, -0.25) is 0 Å². The van der Waals surface area contributed by atoms with Crippen molar-refractivity contribution >= 4 is 16.1 Å². The average molecular weight is 291 g/mol. The molecule has 6 nitrogen and oxygen atoms in total. The fourth-order valence-corrected chi connectivity index (χ4v) is 3.37. The predicted molar refractivity (Wildman–Crippen MR) is 75.5 cm³/mol. The molecule has 0 atom stereocenters. The van der Waals surface area contributed by atoms with E-state index in [1.807, 2.05) is 11.8 Å². The van der Waals surface area contributed by atoms with Crippen LogP contribution < -0.4 is 4.72 Å². The van der Waals surface area contributed by atoms with Crippen LogP contribution in [0.25, 0.3) is 0 Å². The van der Waals surface area contributed by atoms with Crippen molar-refractivity contribution in [3.8, 4) is 0 Å². The summed E-state index contributed by atoms with van der Waals surface area (Å²) in [4.78, 5) is 15.1. The summed E-state index contributed by atoms with van der Waals surface area (Å²) in [5, 5.41) is 0. The number of hydrogen-bond acceptors (Lipinski definition) is 3. The van der Waals surface area contributed by atoms with Crippen molar-refractivity contribution in [1.82, 2.24) is 14.5 Å². The molecule has 1 aliphatic heterocycles. The zero-order valence-electron chi connectivity index (χ0n) is 12.1. The monoisotopic (exact) mass is 291 g/mol. The summed E-state index contributed by atoms with van der Waals surface area (Å²) < 4.78 is 25.8. The second-order valence-electron chi connectivity index (χ2n) is 5.27. The number of sulfonamides is 1. The van der Waals surface area contributed by atoms with E-state index in [9.17, 15) is 13.2 Å². The fraction of sp³-hybridized carbons (Fsp3) is 0.917. The molecule has 19 heavy (non-hydrogen) atoms. The van der Waals surface area contributed by atoms with Crippen molar-refractivity contribution in [2.24, 2.45) is 5.92 Å². The first-order valence-electron chi connectivity index (χ1n) is 6.79. The van der Waals surface area contributed by atoms with E-state index in [4.69, 9.17) is 0 Å². The van der Waals surface area contributed by atoms with Gasteiger partial charge in [0.2, 0.25) is 10.0 Å². The summed E-state index contributed by atoms with van der Waals surface area (Å²) in [6, 6.07) is 0.0324. The Balaban J connectivity index is 2.33.